The first-order valence-electron chi connectivity index (χ1n) is 13.1. The van der Waals surface area contributed by atoms with Crippen molar-refractivity contribution < 1.29 is 18.8 Å². The lowest BCUT2D eigenvalue weighted by Gasteiger charge is -2.32. The van der Waals surface area contributed by atoms with Crippen molar-refractivity contribution in [2.45, 2.75) is 85.0 Å². The molecule has 0 aromatic heterocycles. The van der Waals surface area contributed by atoms with Crippen LogP contribution in [0.4, 0.5) is 0 Å². The Morgan fingerprint density at radius 1 is 0.853 bits per heavy atom. The van der Waals surface area contributed by atoms with Gasteiger partial charge in [0, 0.05) is 12.0 Å². The Hall–Kier alpha value is -2.33. The first-order chi connectivity index (χ1) is 16.3. The number of hydrogen-bond acceptors (Lipinski definition) is 3. The Labute approximate surface area is 207 Å². The van der Waals surface area contributed by atoms with Crippen molar-refractivity contribution in [1.29, 1.82) is 0 Å². The lowest BCUT2D eigenvalue weighted by atomic mass is 10.0. The molecule has 0 aliphatic rings. The number of aryl methyl sites for hydroxylation is 1. The quantitative estimate of drug-likeness (QED) is 0.113. The second kappa shape index (κ2) is 14.8. The van der Waals surface area contributed by atoms with E-state index in [9.17, 15) is 4.79 Å². The van der Waals surface area contributed by atoms with Gasteiger partial charge >= 0.3 is 5.97 Å². The third-order valence-electron chi connectivity index (χ3n) is 6.21. The van der Waals surface area contributed by atoms with Crippen molar-refractivity contribution in [3.05, 3.63) is 65.7 Å². The summed E-state index contributed by atoms with van der Waals surface area (Å²) in [4.78, 5) is 12.8. The summed E-state index contributed by atoms with van der Waals surface area (Å²) in [6, 6.07) is 18.6. The zero-order valence-corrected chi connectivity index (χ0v) is 22.1. The fourth-order valence-electron chi connectivity index (χ4n) is 4.39. The van der Waals surface area contributed by atoms with E-state index >= 15 is 0 Å². The van der Waals surface area contributed by atoms with E-state index in [0.29, 0.717) is 13.0 Å². The number of unbranched alkanes of at least 4 members (excludes halogenated alkanes) is 5. The van der Waals surface area contributed by atoms with Crippen LogP contribution in [0.1, 0.15) is 76.8 Å². The SMILES string of the molecule is CCCCCCCCc1ccc(OC(CC)OC(=O)C(C)C[N+](C)(C)Cc2ccccc2)cc1. The molecule has 2 atom stereocenters. The molecule has 0 bridgehead atoms. The van der Waals surface area contributed by atoms with Crippen molar-refractivity contribution in [3.8, 4) is 5.75 Å². The summed E-state index contributed by atoms with van der Waals surface area (Å²) in [5.41, 5.74) is 2.60. The lowest BCUT2D eigenvalue weighted by Crippen LogP contribution is -2.44. The minimum absolute atomic E-state index is 0.203. The number of carbonyl (C=O) groups excluding carboxylic acids is 1. The highest BCUT2D eigenvalue weighted by Gasteiger charge is 2.27. The number of nitrogens with zero attached hydrogens (tertiary/aromatic N) is 1. The Balaban J connectivity index is 1.78. The van der Waals surface area contributed by atoms with Gasteiger partial charge in [-0.3, -0.25) is 4.79 Å². The van der Waals surface area contributed by atoms with E-state index in [-0.39, 0.29) is 11.9 Å². The van der Waals surface area contributed by atoms with E-state index in [4.69, 9.17) is 9.47 Å². The molecular weight excluding hydrogens is 422 g/mol. The van der Waals surface area contributed by atoms with Crippen molar-refractivity contribution in [2.75, 3.05) is 20.6 Å². The van der Waals surface area contributed by atoms with Gasteiger partial charge in [0.15, 0.2) is 0 Å². The summed E-state index contributed by atoms with van der Waals surface area (Å²) in [5, 5.41) is 0. The minimum Gasteiger partial charge on any atom is -0.455 e. The van der Waals surface area contributed by atoms with Crippen molar-refractivity contribution >= 4 is 5.97 Å². The van der Waals surface area contributed by atoms with Gasteiger partial charge in [0.05, 0.1) is 20.6 Å². The molecule has 0 aliphatic carbocycles. The number of esters is 1. The zero-order valence-electron chi connectivity index (χ0n) is 22.1. The first-order valence-corrected chi connectivity index (χ1v) is 13.1. The normalized spacial score (nSPS) is 13.3. The number of rotatable bonds is 16. The Morgan fingerprint density at radius 2 is 1.50 bits per heavy atom. The molecule has 2 unspecified atom stereocenters. The van der Waals surface area contributed by atoms with Crippen LogP contribution in [-0.4, -0.2) is 37.4 Å². The maximum atomic E-state index is 12.8. The van der Waals surface area contributed by atoms with Crippen LogP contribution in [0.3, 0.4) is 0 Å². The maximum absolute atomic E-state index is 12.8. The van der Waals surface area contributed by atoms with Gasteiger partial charge in [0.25, 0.3) is 0 Å². The van der Waals surface area contributed by atoms with Gasteiger partial charge < -0.3 is 14.0 Å². The number of ether oxygens (including phenoxy) is 2. The topological polar surface area (TPSA) is 35.5 Å². The molecule has 0 N–H and O–H groups in total. The van der Waals surface area contributed by atoms with Gasteiger partial charge in [-0.25, -0.2) is 0 Å². The monoisotopic (exact) mass is 468 g/mol. The smallest absolute Gasteiger partial charge is 0.317 e. The molecule has 0 aliphatic heterocycles. The Morgan fingerprint density at radius 3 is 2.15 bits per heavy atom. The molecule has 34 heavy (non-hydrogen) atoms. The minimum atomic E-state index is -0.566. The highest BCUT2D eigenvalue weighted by Crippen LogP contribution is 2.19. The number of quaternary nitrogens is 1. The molecule has 2 aromatic carbocycles. The number of benzene rings is 2. The molecule has 0 amide bonds. The Kier molecular flexibility index (Phi) is 12.2. The van der Waals surface area contributed by atoms with Gasteiger partial charge in [0.2, 0.25) is 6.29 Å². The summed E-state index contributed by atoms with van der Waals surface area (Å²) in [5.74, 6) is 0.334. The molecule has 0 fully saturated rings. The van der Waals surface area contributed by atoms with E-state index in [1.54, 1.807) is 0 Å². The maximum Gasteiger partial charge on any atom is 0.317 e. The molecule has 0 radical (unpaired) electrons. The second-order valence-corrected chi connectivity index (χ2v) is 10.2. The second-order valence-electron chi connectivity index (χ2n) is 10.2. The van der Waals surface area contributed by atoms with Crippen LogP contribution < -0.4 is 4.74 Å². The van der Waals surface area contributed by atoms with Gasteiger partial charge in [-0.05, 0) is 37.5 Å². The zero-order chi connectivity index (χ0) is 24.8. The average molecular weight is 469 g/mol. The molecular formula is C30H46NO3+. The largest absolute Gasteiger partial charge is 0.455 e. The highest BCUT2D eigenvalue weighted by atomic mass is 16.7. The molecule has 2 rings (SSSR count). The first kappa shape index (κ1) is 27.9. The predicted molar refractivity (Wildman–Crippen MR) is 141 cm³/mol. The van der Waals surface area contributed by atoms with Gasteiger partial charge in [0.1, 0.15) is 18.2 Å². The molecule has 0 spiro atoms. The van der Waals surface area contributed by atoms with E-state index in [2.05, 4.69) is 57.4 Å². The number of hydrogen-bond donors (Lipinski definition) is 0. The van der Waals surface area contributed by atoms with E-state index in [1.807, 2.05) is 32.0 Å². The highest BCUT2D eigenvalue weighted by molar-refractivity contribution is 5.72. The van der Waals surface area contributed by atoms with Crippen LogP contribution in [0.2, 0.25) is 0 Å². The van der Waals surface area contributed by atoms with Crippen LogP contribution in [0.5, 0.6) is 5.75 Å². The van der Waals surface area contributed by atoms with Gasteiger partial charge in [-0.2, -0.15) is 0 Å². The van der Waals surface area contributed by atoms with Crippen LogP contribution in [0.15, 0.2) is 54.6 Å². The third kappa shape index (κ3) is 10.7. The summed E-state index contributed by atoms with van der Waals surface area (Å²) < 4.78 is 12.4. The fraction of sp³-hybridized carbons (Fsp3) is 0.567. The van der Waals surface area contributed by atoms with E-state index < -0.39 is 6.29 Å². The molecule has 0 saturated heterocycles. The van der Waals surface area contributed by atoms with Gasteiger partial charge in [-0.1, -0.05) is 88.4 Å². The van der Waals surface area contributed by atoms with Crippen LogP contribution in [0.25, 0.3) is 0 Å². The standard InChI is InChI=1S/C30H46NO3/c1-6-8-9-10-11-13-16-26-19-21-28(22-20-26)33-29(7-2)34-30(32)25(3)23-31(4,5)24-27-17-14-12-15-18-27/h12,14-15,17-22,25,29H,6-11,13,16,23-24H2,1-5H3/q+1. The van der Waals surface area contributed by atoms with Crippen LogP contribution >= 0.6 is 0 Å². The van der Waals surface area contributed by atoms with Crippen LogP contribution in [0, 0.1) is 5.92 Å². The molecule has 4 heteroatoms. The summed E-state index contributed by atoms with van der Waals surface area (Å²) in [6.07, 6.45) is 9.00. The van der Waals surface area contributed by atoms with Crippen molar-refractivity contribution in [1.82, 2.24) is 0 Å². The molecule has 2 aromatic rings. The number of carbonyl (C=O) groups is 1. The van der Waals surface area contributed by atoms with Crippen molar-refractivity contribution in [3.63, 3.8) is 0 Å². The summed E-state index contributed by atoms with van der Waals surface area (Å²) in [6.45, 7) is 7.75. The Bertz CT molecular complexity index is 817. The summed E-state index contributed by atoms with van der Waals surface area (Å²) in [7, 11) is 4.30. The molecule has 0 heterocycles. The van der Waals surface area contributed by atoms with Crippen LogP contribution in [-0.2, 0) is 22.5 Å². The average Bonchev–Trinajstić information content (AvgIpc) is 2.81. The lowest BCUT2D eigenvalue weighted by molar-refractivity contribution is -0.905. The molecule has 0 saturated carbocycles. The summed E-state index contributed by atoms with van der Waals surface area (Å²) >= 11 is 0. The molecule has 4 nitrogen and oxygen atoms in total. The van der Waals surface area contributed by atoms with E-state index in [0.717, 1.165) is 23.2 Å². The fourth-order valence-corrected chi connectivity index (χ4v) is 4.39. The predicted octanol–water partition coefficient (Wildman–Crippen LogP) is 7.16. The van der Waals surface area contributed by atoms with Gasteiger partial charge in [-0.15, -0.1) is 0 Å². The molecule has 188 valence electrons. The third-order valence-corrected chi connectivity index (χ3v) is 6.21. The van der Waals surface area contributed by atoms with Crippen molar-refractivity contribution in [2.24, 2.45) is 5.92 Å². The van der Waals surface area contributed by atoms with E-state index in [1.165, 1.54) is 49.7 Å².